The summed E-state index contributed by atoms with van der Waals surface area (Å²) in [7, 11) is 0. The predicted molar refractivity (Wildman–Crippen MR) is 57.3 cm³/mol. The topological polar surface area (TPSA) is 78.9 Å². The van der Waals surface area contributed by atoms with E-state index in [9.17, 15) is 4.79 Å². The summed E-state index contributed by atoms with van der Waals surface area (Å²) in [6.07, 6.45) is 1.76. The Morgan fingerprint density at radius 1 is 1.69 bits per heavy atom. The normalized spacial score (nSPS) is 9.94. The average Bonchev–Trinajstić information content (AvgIpc) is 2.87. The first-order valence-corrected chi connectivity index (χ1v) is 5.31. The van der Waals surface area contributed by atoms with E-state index in [1.807, 2.05) is 6.07 Å². The van der Waals surface area contributed by atoms with Crippen LogP contribution in [0.2, 0.25) is 0 Å². The van der Waals surface area contributed by atoms with Gasteiger partial charge >= 0.3 is 5.97 Å². The molecule has 2 aromatic heterocycles. The molecule has 0 unspecified atom stereocenters. The van der Waals surface area contributed by atoms with Gasteiger partial charge in [-0.3, -0.25) is 0 Å². The van der Waals surface area contributed by atoms with Crippen molar-refractivity contribution in [1.82, 2.24) is 9.55 Å². The molecule has 0 radical (unpaired) electrons. The molecule has 1 N–H and O–H groups in total. The number of rotatable bonds is 3. The smallest absolute Gasteiger partial charge is 0.365 e. The summed E-state index contributed by atoms with van der Waals surface area (Å²) in [4.78, 5) is 14.6. The van der Waals surface area contributed by atoms with Crippen LogP contribution < -0.4 is 0 Å². The minimum Gasteiger partial charge on any atom is -0.476 e. The first kappa shape index (κ1) is 10.4. The Bertz CT molecular complexity index is 565. The van der Waals surface area contributed by atoms with E-state index in [2.05, 4.69) is 4.98 Å². The van der Waals surface area contributed by atoms with Crippen molar-refractivity contribution < 1.29 is 9.90 Å². The summed E-state index contributed by atoms with van der Waals surface area (Å²) in [5.41, 5.74) is 1.18. The molecule has 0 saturated heterocycles. The molecule has 16 heavy (non-hydrogen) atoms. The molecule has 0 aliphatic rings. The van der Waals surface area contributed by atoms with Gasteiger partial charge in [-0.25, -0.2) is 9.78 Å². The monoisotopic (exact) mass is 233 g/mol. The molecule has 0 fully saturated rings. The van der Waals surface area contributed by atoms with Crippen LogP contribution in [0.15, 0.2) is 23.7 Å². The van der Waals surface area contributed by atoms with E-state index in [1.54, 1.807) is 28.3 Å². The molecule has 2 aromatic rings. The Morgan fingerprint density at radius 2 is 2.50 bits per heavy atom. The lowest BCUT2D eigenvalue weighted by Crippen LogP contribution is -2.02. The quantitative estimate of drug-likeness (QED) is 0.872. The fraction of sp³-hybridized carbons (Fsp3) is 0.100. The van der Waals surface area contributed by atoms with Gasteiger partial charge in [0.15, 0.2) is 0 Å². The van der Waals surface area contributed by atoms with Crippen LogP contribution in [-0.4, -0.2) is 20.6 Å². The lowest BCUT2D eigenvalue weighted by Gasteiger charge is -2.00. The highest BCUT2D eigenvalue weighted by atomic mass is 32.1. The molecule has 0 saturated carbocycles. The summed E-state index contributed by atoms with van der Waals surface area (Å²) in [5, 5.41) is 19.3. The first-order valence-electron chi connectivity index (χ1n) is 4.43. The van der Waals surface area contributed by atoms with Crippen molar-refractivity contribution in [1.29, 1.82) is 5.26 Å². The average molecular weight is 233 g/mol. The third kappa shape index (κ3) is 1.94. The van der Waals surface area contributed by atoms with E-state index in [4.69, 9.17) is 10.4 Å². The molecule has 2 rings (SSSR count). The van der Waals surface area contributed by atoms with Gasteiger partial charge in [-0.05, 0) is 12.1 Å². The number of thiazole rings is 1. The third-order valence-corrected chi connectivity index (χ3v) is 2.89. The van der Waals surface area contributed by atoms with Gasteiger partial charge in [0.2, 0.25) is 5.01 Å². The fourth-order valence-corrected chi connectivity index (χ4v) is 1.95. The van der Waals surface area contributed by atoms with E-state index in [1.165, 1.54) is 0 Å². The number of hydrogen-bond donors (Lipinski definition) is 1. The van der Waals surface area contributed by atoms with Crippen LogP contribution in [-0.2, 0) is 6.54 Å². The van der Waals surface area contributed by atoms with Gasteiger partial charge in [0.25, 0.3) is 0 Å². The molecule has 80 valence electrons. The Kier molecular flexibility index (Phi) is 2.70. The number of aromatic carboxylic acids is 1. The second-order valence-electron chi connectivity index (χ2n) is 3.08. The van der Waals surface area contributed by atoms with Gasteiger partial charge in [0.1, 0.15) is 11.8 Å². The van der Waals surface area contributed by atoms with Crippen LogP contribution in [0.4, 0.5) is 0 Å². The Labute approximate surface area is 95.2 Å². The van der Waals surface area contributed by atoms with Gasteiger partial charge in [-0.1, -0.05) is 0 Å². The van der Waals surface area contributed by atoms with Crippen molar-refractivity contribution in [2.45, 2.75) is 6.54 Å². The molecule has 0 aromatic carbocycles. The van der Waals surface area contributed by atoms with E-state index in [0.717, 1.165) is 11.3 Å². The maximum Gasteiger partial charge on any atom is 0.365 e. The van der Waals surface area contributed by atoms with Gasteiger partial charge < -0.3 is 9.67 Å². The van der Waals surface area contributed by atoms with Crippen molar-refractivity contribution in [3.05, 3.63) is 40.1 Å². The molecule has 0 atom stereocenters. The number of carbonyl (C=O) groups is 1. The highest BCUT2D eigenvalue weighted by Gasteiger charge is 2.09. The summed E-state index contributed by atoms with van der Waals surface area (Å²) in [6, 6.07) is 5.51. The number of nitrogens with zero attached hydrogens (tertiary/aromatic N) is 3. The van der Waals surface area contributed by atoms with Crippen molar-refractivity contribution in [3.8, 4) is 6.07 Å². The van der Waals surface area contributed by atoms with E-state index < -0.39 is 5.97 Å². The molecular weight excluding hydrogens is 226 g/mol. The van der Waals surface area contributed by atoms with Gasteiger partial charge in [0.05, 0.1) is 12.2 Å². The van der Waals surface area contributed by atoms with E-state index >= 15 is 0 Å². The van der Waals surface area contributed by atoms with Crippen LogP contribution in [0, 0.1) is 11.3 Å². The molecule has 0 amide bonds. The van der Waals surface area contributed by atoms with E-state index in [-0.39, 0.29) is 5.01 Å². The fourth-order valence-electron chi connectivity index (χ4n) is 1.31. The van der Waals surface area contributed by atoms with Crippen LogP contribution in [0.25, 0.3) is 0 Å². The molecule has 0 spiro atoms. The highest BCUT2D eigenvalue weighted by molar-refractivity contribution is 7.11. The summed E-state index contributed by atoms with van der Waals surface area (Å²) in [5.74, 6) is -1.02. The second kappa shape index (κ2) is 4.16. The summed E-state index contributed by atoms with van der Waals surface area (Å²) >= 11 is 1.09. The maximum atomic E-state index is 10.6. The molecule has 5 nitrogen and oxygen atoms in total. The van der Waals surface area contributed by atoms with Gasteiger partial charge in [0, 0.05) is 11.6 Å². The maximum absolute atomic E-state index is 10.6. The van der Waals surface area contributed by atoms with E-state index in [0.29, 0.717) is 17.9 Å². The summed E-state index contributed by atoms with van der Waals surface area (Å²) in [6.45, 7) is 0.416. The number of nitriles is 1. The molecular formula is C10H7N3O2S. The second-order valence-corrected chi connectivity index (χ2v) is 3.94. The number of hydrogen-bond acceptors (Lipinski definition) is 4. The lowest BCUT2D eigenvalue weighted by molar-refractivity contribution is 0.0696. The SMILES string of the molecule is N#Cc1cccn1Cc1csc(C(=O)O)n1. The first-order chi connectivity index (χ1) is 7.70. The van der Waals surface area contributed by atoms with Crippen LogP contribution in [0.1, 0.15) is 21.2 Å². The molecule has 6 heteroatoms. The number of carboxylic acids is 1. The number of aromatic nitrogens is 2. The predicted octanol–water partition coefficient (Wildman–Crippen LogP) is 1.56. The molecule has 2 heterocycles. The van der Waals surface area contributed by atoms with Crippen LogP contribution >= 0.6 is 11.3 Å². The minimum absolute atomic E-state index is 0.0701. The van der Waals surface area contributed by atoms with Gasteiger partial charge in [-0.2, -0.15) is 5.26 Å². The third-order valence-electron chi connectivity index (χ3n) is 2.01. The van der Waals surface area contributed by atoms with Crippen molar-refractivity contribution >= 4 is 17.3 Å². The largest absolute Gasteiger partial charge is 0.476 e. The molecule has 0 aliphatic heterocycles. The molecule has 0 bridgehead atoms. The van der Waals surface area contributed by atoms with Crippen LogP contribution in [0.5, 0.6) is 0 Å². The summed E-state index contributed by atoms with van der Waals surface area (Å²) < 4.78 is 1.72. The Balaban J connectivity index is 2.21. The zero-order valence-corrected chi connectivity index (χ0v) is 8.94. The lowest BCUT2D eigenvalue weighted by atomic mass is 10.4. The highest BCUT2D eigenvalue weighted by Crippen LogP contribution is 2.12. The van der Waals surface area contributed by atoms with Crippen molar-refractivity contribution in [2.24, 2.45) is 0 Å². The minimum atomic E-state index is -1.02. The zero-order chi connectivity index (χ0) is 11.5. The van der Waals surface area contributed by atoms with Gasteiger partial charge in [-0.15, -0.1) is 11.3 Å². The Morgan fingerprint density at radius 3 is 3.12 bits per heavy atom. The standard InChI is InChI=1S/C10H7N3O2S/c11-4-8-2-1-3-13(8)5-7-6-16-9(12-7)10(14)15/h1-3,6H,5H2,(H,14,15). The zero-order valence-electron chi connectivity index (χ0n) is 8.12. The van der Waals surface area contributed by atoms with Crippen LogP contribution in [0.3, 0.4) is 0 Å². The Hall–Kier alpha value is -2.13. The molecule has 0 aliphatic carbocycles. The van der Waals surface area contributed by atoms with Crippen molar-refractivity contribution in [2.75, 3.05) is 0 Å². The number of carboxylic acid groups (broad SMARTS) is 1. The van der Waals surface area contributed by atoms with Crippen molar-refractivity contribution in [3.63, 3.8) is 0 Å².